The maximum absolute atomic E-state index is 13.3. The van der Waals surface area contributed by atoms with Crippen LogP contribution in [-0.2, 0) is 0 Å². The number of hydrogen-bond donors (Lipinski definition) is 1. The van der Waals surface area contributed by atoms with Crippen LogP contribution >= 0.6 is 34.4 Å². The predicted molar refractivity (Wildman–Crippen MR) is 114 cm³/mol. The molecule has 0 saturated carbocycles. The molecule has 0 aliphatic carbocycles. The minimum absolute atomic E-state index is 0.0888. The lowest BCUT2D eigenvalue weighted by Gasteiger charge is -2.19. The summed E-state index contributed by atoms with van der Waals surface area (Å²) in [5.41, 5.74) is 6.58. The summed E-state index contributed by atoms with van der Waals surface area (Å²) in [7, 11) is 0. The molecular formula is C20H14N4OS3. The number of aryl methyl sites for hydroxylation is 2. The molecule has 4 rings (SSSR count). The lowest BCUT2D eigenvalue weighted by atomic mass is 10.2. The number of nitrogens with zero attached hydrogens (tertiary/aromatic N) is 3. The molecule has 1 unspecified atom stereocenters. The molecule has 1 aliphatic heterocycles. The molecule has 138 valence electrons. The number of thiophene rings is 2. The van der Waals surface area contributed by atoms with Gasteiger partial charge in [0, 0.05) is 24.7 Å². The zero-order valence-electron chi connectivity index (χ0n) is 15.0. The topological polar surface area (TPSA) is 95.6 Å². The van der Waals surface area contributed by atoms with Crippen molar-refractivity contribution in [3.05, 3.63) is 60.0 Å². The molecule has 1 atom stereocenters. The fourth-order valence-corrected chi connectivity index (χ4v) is 6.14. The Morgan fingerprint density at radius 3 is 2.39 bits per heavy atom. The molecule has 28 heavy (non-hydrogen) atoms. The van der Waals surface area contributed by atoms with Crippen LogP contribution in [0.2, 0.25) is 0 Å². The van der Waals surface area contributed by atoms with E-state index in [1.165, 1.54) is 27.7 Å². The van der Waals surface area contributed by atoms with Crippen molar-refractivity contribution in [1.29, 1.82) is 10.5 Å². The number of nitriles is 2. The van der Waals surface area contributed by atoms with Crippen molar-refractivity contribution in [2.75, 3.05) is 5.73 Å². The zero-order valence-corrected chi connectivity index (χ0v) is 17.5. The highest BCUT2D eigenvalue weighted by Crippen LogP contribution is 2.41. The quantitative estimate of drug-likeness (QED) is 0.684. The summed E-state index contributed by atoms with van der Waals surface area (Å²) in [6.45, 7) is 3.97. The fraction of sp³-hybridized carbons (Fsp3) is 0.150. The van der Waals surface area contributed by atoms with E-state index in [2.05, 4.69) is 12.1 Å². The van der Waals surface area contributed by atoms with E-state index in [-0.39, 0.29) is 17.3 Å². The standard InChI is InChI=1S/C20H14N4OS3/c1-10-3-5-12(26-10)7-13-17(23)14(8-21)24-18(13)16(9-22)28-19(20(24)25)15-6-4-11(2)27-15/h3-7,19H,23H2,1-2H3. The molecule has 3 aromatic rings. The summed E-state index contributed by atoms with van der Waals surface area (Å²) in [6.07, 6.45) is 1.85. The summed E-state index contributed by atoms with van der Waals surface area (Å²) < 4.78 is 1.33. The van der Waals surface area contributed by atoms with Crippen molar-refractivity contribution in [3.63, 3.8) is 0 Å². The van der Waals surface area contributed by atoms with Gasteiger partial charge in [-0.2, -0.15) is 10.5 Å². The summed E-state index contributed by atoms with van der Waals surface area (Å²) in [4.78, 5) is 17.7. The van der Waals surface area contributed by atoms with Crippen LogP contribution in [0.25, 0.3) is 11.0 Å². The van der Waals surface area contributed by atoms with Gasteiger partial charge in [0.15, 0.2) is 5.69 Å². The fourth-order valence-electron chi connectivity index (χ4n) is 3.18. The molecule has 0 bridgehead atoms. The Morgan fingerprint density at radius 2 is 1.82 bits per heavy atom. The summed E-state index contributed by atoms with van der Waals surface area (Å²) >= 11 is 4.33. The number of rotatable bonds is 2. The Kier molecular flexibility index (Phi) is 4.64. The van der Waals surface area contributed by atoms with Gasteiger partial charge in [-0.15, -0.1) is 22.7 Å². The van der Waals surface area contributed by atoms with E-state index in [4.69, 9.17) is 5.73 Å². The maximum Gasteiger partial charge on any atom is 0.251 e. The number of carbonyl (C=O) groups excluding carboxylic acids is 1. The van der Waals surface area contributed by atoms with Gasteiger partial charge >= 0.3 is 0 Å². The number of nitrogens with two attached hydrogens (primary N) is 1. The van der Waals surface area contributed by atoms with Crippen molar-refractivity contribution in [1.82, 2.24) is 4.57 Å². The van der Waals surface area contributed by atoms with E-state index >= 15 is 0 Å². The molecule has 0 radical (unpaired) electrons. The zero-order chi connectivity index (χ0) is 20.0. The first kappa shape index (κ1) is 18.6. The Bertz CT molecular complexity index is 1330. The first-order chi connectivity index (χ1) is 13.4. The Morgan fingerprint density at radius 1 is 1.11 bits per heavy atom. The normalized spacial score (nSPS) is 16.7. The number of anilines is 1. The highest BCUT2D eigenvalue weighted by atomic mass is 32.2. The van der Waals surface area contributed by atoms with Crippen LogP contribution in [0.5, 0.6) is 0 Å². The van der Waals surface area contributed by atoms with Crippen molar-refractivity contribution in [2.45, 2.75) is 19.1 Å². The van der Waals surface area contributed by atoms with Gasteiger partial charge in [-0.3, -0.25) is 9.36 Å². The van der Waals surface area contributed by atoms with Crippen LogP contribution < -0.4 is 16.3 Å². The second-order valence-electron chi connectivity index (χ2n) is 6.29. The van der Waals surface area contributed by atoms with Gasteiger partial charge in [0.25, 0.3) is 5.91 Å². The van der Waals surface area contributed by atoms with E-state index in [0.717, 1.165) is 19.5 Å². The predicted octanol–water partition coefficient (Wildman–Crippen LogP) is 3.27. The lowest BCUT2D eigenvalue weighted by Crippen LogP contribution is -2.40. The third-order valence-corrected chi connectivity index (χ3v) is 7.79. The van der Waals surface area contributed by atoms with Crippen molar-refractivity contribution >= 4 is 57.0 Å². The molecule has 2 N–H and O–H groups in total. The second kappa shape index (κ2) is 6.99. The molecule has 0 saturated heterocycles. The molecule has 5 nitrogen and oxygen atoms in total. The van der Waals surface area contributed by atoms with Gasteiger partial charge in [-0.05, 0) is 44.2 Å². The average Bonchev–Trinajstić information content (AvgIpc) is 3.35. The minimum Gasteiger partial charge on any atom is -0.396 e. The summed E-state index contributed by atoms with van der Waals surface area (Å²) in [5.74, 6) is -0.244. The van der Waals surface area contributed by atoms with E-state index in [0.29, 0.717) is 15.5 Å². The van der Waals surface area contributed by atoms with E-state index in [1.807, 2.05) is 44.2 Å². The molecular weight excluding hydrogens is 408 g/mol. The molecule has 3 aromatic heterocycles. The highest BCUT2D eigenvalue weighted by molar-refractivity contribution is 8.09. The molecule has 0 amide bonds. The van der Waals surface area contributed by atoms with Crippen LogP contribution in [0.3, 0.4) is 0 Å². The number of thioether (sulfide) groups is 1. The van der Waals surface area contributed by atoms with Crippen molar-refractivity contribution in [2.24, 2.45) is 0 Å². The number of hydrogen-bond acceptors (Lipinski definition) is 7. The second-order valence-corrected chi connectivity index (χ2v) is 10.0. The number of nitrogen functional groups attached to an aromatic ring is 1. The van der Waals surface area contributed by atoms with Crippen LogP contribution in [0.4, 0.5) is 5.69 Å². The van der Waals surface area contributed by atoms with Gasteiger partial charge in [-0.1, -0.05) is 11.8 Å². The molecule has 8 heteroatoms. The first-order valence-corrected chi connectivity index (χ1v) is 10.9. The summed E-state index contributed by atoms with van der Waals surface area (Å²) in [6, 6.07) is 12.1. The van der Waals surface area contributed by atoms with E-state index in [9.17, 15) is 15.3 Å². The van der Waals surface area contributed by atoms with Gasteiger partial charge in [0.05, 0.1) is 11.0 Å². The van der Waals surface area contributed by atoms with E-state index in [1.54, 1.807) is 11.3 Å². The van der Waals surface area contributed by atoms with E-state index < -0.39 is 5.25 Å². The van der Waals surface area contributed by atoms with Crippen LogP contribution in [0, 0.1) is 36.5 Å². The molecule has 0 spiro atoms. The number of fused-ring (bicyclic) bond motifs is 1. The monoisotopic (exact) mass is 422 g/mol. The maximum atomic E-state index is 13.3. The lowest BCUT2D eigenvalue weighted by molar-refractivity contribution is 0.0906. The molecule has 1 aliphatic rings. The van der Waals surface area contributed by atoms with Gasteiger partial charge in [-0.25, -0.2) is 0 Å². The van der Waals surface area contributed by atoms with Crippen LogP contribution in [0.15, 0.2) is 24.3 Å². The van der Waals surface area contributed by atoms with Gasteiger partial charge in [0.1, 0.15) is 22.3 Å². The molecule has 4 heterocycles. The third-order valence-electron chi connectivity index (χ3n) is 4.42. The highest BCUT2D eigenvalue weighted by Gasteiger charge is 2.34. The van der Waals surface area contributed by atoms with Crippen LogP contribution in [0.1, 0.15) is 35.2 Å². The summed E-state index contributed by atoms with van der Waals surface area (Å²) in [5, 5.41) is 19.9. The Hall–Kier alpha value is -2.78. The first-order valence-electron chi connectivity index (χ1n) is 8.34. The van der Waals surface area contributed by atoms with Crippen molar-refractivity contribution < 1.29 is 4.79 Å². The van der Waals surface area contributed by atoms with Gasteiger partial charge in [0.2, 0.25) is 0 Å². The third kappa shape index (κ3) is 2.87. The Labute approximate surface area is 173 Å². The Balaban J connectivity index is 2.04. The number of aromatic nitrogens is 1. The SMILES string of the molecule is Cc1ccc(C=c2c(N)c(C#N)n3c2=C(C#N)SC(c2ccc(C)s2)C3=O)s1. The van der Waals surface area contributed by atoms with Crippen LogP contribution in [-0.4, -0.2) is 10.5 Å². The largest absolute Gasteiger partial charge is 0.396 e. The average molecular weight is 423 g/mol. The molecule has 0 aromatic carbocycles. The smallest absolute Gasteiger partial charge is 0.251 e. The van der Waals surface area contributed by atoms with Gasteiger partial charge < -0.3 is 5.73 Å². The molecule has 0 fully saturated rings. The van der Waals surface area contributed by atoms with Crippen molar-refractivity contribution in [3.8, 4) is 12.1 Å². The minimum atomic E-state index is -0.559. The number of carbonyl (C=O) groups is 1.